The fourth-order valence-corrected chi connectivity index (χ4v) is 3.43. The molecule has 1 N–H and O–H groups in total. The average molecular weight is 287 g/mol. The first-order chi connectivity index (χ1) is 10.1. The zero-order valence-electron chi connectivity index (χ0n) is 12.3. The number of hydrogen-bond donors (Lipinski definition) is 1. The molecule has 2 aliphatic rings. The topological polar surface area (TPSA) is 57.6 Å². The lowest BCUT2D eigenvalue weighted by Gasteiger charge is -2.31. The molecule has 1 heterocycles. The van der Waals surface area contributed by atoms with Gasteiger partial charge >= 0.3 is 5.97 Å². The van der Waals surface area contributed by atoms with E-state index < -0.39 is 11.9 Å². The molecule has 1 aromatic carbocycles. The van der Waals surface area contributed by atoms with E-state index in [1.165, 1.54) is 11.1 Å². The lowest BCUT2D eigenvalue weighted by molar-refractivity contribution is -0.146. The molecule has 4 heteroatoms. The number of likely N-dealkylation sites (tertiary alicyclic amines) is 1. The fourth-order valence-electron chi connectivity index (χ4n) is 3.43. The molecule has 0 unspecified atom stereocenters. The number of carboxylic acids is 1. The number of benzene rings is 1. The minimum Gasteiger partial charge on any atom is -0.481 e. The maximum absolute atomic E-state index is 12.6. The van der Waals surface area contributed by atoms with E-state index in [0.717, 1.165) is 12.8 Å². The Hall–Kier alpha value is -1.84. The van der Waals surface area contributed by atoms with Gasteiger partial charge in [0.25, 0.3) is 0 Å². The zero-order valence-corrected chi connectivity index (χ0v) is 12.3. The highest BCUT2D eigenvalue weighted by Crippen LogP contribution is 2.49. The second-order valence-electron chi connectivity index (χ2n) is 6.27. The van der Waals surface area contributed by atoms with Crippen molar-refractivity contribution in [2.75, 3.05) is 13.1 Å². The van der Waals surface area contributed by atoms with Crippen LogP contribution in [-0.4, -0.2) is 35.0 Å². The lowest BCUT2D eigenvalue weighted by atomic mass is 9.97. The van der Waals surface area contributed by atoms with Gasteiger partial charge in [0, 0.05) is 19.0 Å². The number of carboxylic acid groups (broad SMARTS) is 1. The Bertz CT molecular complexity index is 569. The summed E-state index contributed by atoms with van der Waals surface area (Å²) in [5, 5.41) is 9.12. The average Bonchev–Trinajstić information content (AvgIpc) is 3.27. The predicted octanol–water partition coefficient (Wildman–Crippen LogP) is 2.42. The molecule has 1 saturated carbocycles. The molecule has 0 aromatic heterocycles. The SMILES string of the molecule is Cc1ccccc1[C@H]1C[C@@H]1C(=O)N1CCC[C@@H](C(=O)O)C1. The van der Waals surface area contributed by atoms with Gasteiger partial charge in [-0.1, -0.05) is 24.3 Å². The van der Waals surface area contributed by atoms with Gasteiger partial charge < -0.3 is 10.0 Å². The van der Waals surface area contributed by atoms with Crippen molar-refractivity contribution in [3.05, 3.63) is 35.4 Å². The number of hydrogen-bond acceptors (Lipinski definition) is 2. The summed E-state index contributed by atoms with van der Waals surface area (Å²) < 4.78 is 0. The van der Waals surface area contributed by atoms with Gasteiger partial charge in [-0.05, 0) is 43.2 Å². The molecule has 0 radical (unpaired) electrons. The Morgan fingerprint density at radius 1 is 1.29 bits per heavy atom. The van der Waals surface area contributed by atoms with E-state index in [-0.39, 0.29) is 11.8 Å². The van der Waals surface area contributed by atoms with Gasteiger partial charge in [-0.15, -0.1) is 0 Å². The van der Waals surface area contributed by atoms with E-state index >= 15 is 0 Å². The summed E-state index contributed by atoms with van der Waals surface area (Å²) in [5.41, 5.74) is 2.50. The highest BCUT2D eigenvalue weighted by Gasteiger charge is 2.47. The van der Waals surface area contributed by atoms with Crippen LogP contribution in [0.3, 0.4) is 0 Å². The van der Waals surface area contributed by atoms with Crippen molar-refractivity contribution in [2.24, 2.45) is 11.8 Å². The van der Waals surface area contributed by atoms with E-state index in [9.17, 15) is 9.59 Å². The minimum atomic E-state index is -0.779. The fraction of sp³-hybridized carbons (Fsp3) is 0.529. The minimum absolute atomic E-state index is 0.0543. The van der Waals surface area contributed by atoms with E-state index in [4.69, 9.17) is 5.11 Å². The van der Waals surface area contributed by atoms with Crippen LogP contribution in [0.25, 0.3) is 0 Å². The maximum atomic E-state index is 12.6. The summed E-state index contributed by atoms with van der Waals surface area (Å²) in [5.74, 6) is -0.645. The highest BCUT2D eigenvalue weighted by molar-refractivity contribution is 5.84. The third-order valence-electron chi connectivity index (χ3n) is 4.78. The summed E-state index contributed by atoms with van der Waals surface area (Å²) >= 11 is 0. The number of nitrogens with zero attached hydrogens (tertiary/aromatic N) is 1. The van der Waals surface area contributed by atoms with E-state index in [2.05, 4.69) is 19.1 Å². The molecule has 0 bridgehead atoms. The number of carbonyl (C=O) groups is 2. The molecule has 21 heavy (non-hydrogen) atoms. The number of aliphatic carboxylic acids is 1. The van der Waals surface area contributed by atoms with Gasteiger partial charge in [0.15, 0.2) is 0 Å². The summed E-state index contributed by atoms with van der Waals surface area (Å²) in [4.78, 5) is 25.4. The molecule has 112 valence electrons. The van der Waals surface area contributed by atoms with Gasteiger partial charge in [-0.2, -0.15) is 0 Å². The second kappa shape index (κ2) is 5.51. The monoisotopic (exact) mass is 287 g/mol. The Kier molecular flexibility index (Phi) is 3.70. The van der Waals surface area contributed by atoms with Crippen molar-refractivity contribution < 1.29 is 14.7 Å². The molecular formula is C17H21NO3. The normalized spacial score (nSPS) is 28.2. The Balaban J connectivity index is 1.65. The van der Waals surface area contributed by atoms with E-state index in [1.54, 1.807) is 4.90 Å². The van der Waals surface area contributed by atoms with Crippen molar-refractivity contribution in [1.82, 2.24) is 4.90 Å². The number of aryl methyl sites for hydroxylation is 1. The quantitative estimate of drug-likeness (QED) is 0.929. The number of amides is 1. The van der Waals surface area contributed by atoms with E-state index in [1.807, 2.05) is 12.1 Å². The van der Waals surface area contributed by atoms with Crippen molar-refractivity contribution in [2.45, 2.75) is 32.1 Å². The maximum Gasteiger partial charge on any atom is 0.308 e. The zero-order chi connectivity index (χ0) is 15.0. The van der Waals surface area contributed by atoms with Crippen molar-refractivity contribution in [3.63, 3.8) is 0 Å². The van der Waals surface area contributed by atoms with Crippen LogP contribution in [0.2, 0.25) is 0 Å². The lowest BCUT2D eigenvalue weighted by Crippen LogP contribution is -2.43. The first-order valence-electron chi connectivity index (χ1n) is 7.65. The molecule has 1 aromatic rings. The molecule has 4 nitrogen and oxygen atoms in total. The second-order valence-corrected chi connectivity index (χ2v) is 6.27. The van der Waals surface area contributed by atoms with Crippen LogP contribution in [0.15, 0.2) is 24.3 Å². The smallest absolute Gasteiger partial charge is 0.308 e. The van der Waals surface area contributed by atoms with Gasteiger partial charge in [0.05, 0.1) is 5.92 Å². The summed E-state index contributed by atoms with van der Waals surface area (Å²) in [6.45, 7) is 3.17. The van der Waals surface area contributed by atoms with Crippen molar-refractivity contribution >= 4 is 11.9 Å². The largest absolute Gasteiger partial charge is 0.481 e. The van der Waals surface area contributed by atoms with Crippen LogP contribution in [0, 0.1) is 18.8 Å². The first-order valence-corrected chi connectivity index (χ1v) is 7.65. The van der Waals surface area contributed by atoms with E-state index in [0.29, 0.717) is 25.4 Å². The number of carbonyl (C=O) groups excluding carboxylic acids is 1. The molecule has 3 rings (SSSR count). The molecule has 2 fully saturated rings. The van der Waals surface area contributed by atoms with Crippen LogP contribution in [0.4, 0.5) is 0 Å². The van der Waals surface area contributed by atoms with Crippen molar-refractivity contribution in [1.29, 1.82) is 0 Å². The van der Waals surface area contributed by atoms with Gasteiger partial charge in [0.2, 0.25) is 5.91 Å². The Morgan fingerprint density at radius 3 is 2.76 bits per heavy atom. The third kappa shape index (κ3) is 2.80. The van der Waals surface area contributed by atoms with Crippen LogP contribution >= 0.6 is 0 Å². The number of piperidine rings is 1. The first kappa shape index (κ1) is 14.1. The van der Waals surface area contributed by atoms with Gasteiger partial charge in [-0.25, -0.2) is 0 Å². The standard InChI is InChI=1S/C17H21NO3/c1-11-5-2-3-7-13(11)14-9-15(14)16(19)18-8-4-6-12(10-18)17(20)21/h2-3,5,7,12,14-15H,4,6,8-10H2,1H3,(H,20,21)/t12-,14-,15+/m1/s1. The van der Waals surface area contributed by atoms with Gasteiger partial charge in [-0.3, -0.25) is 9.59 Å². The molecule has 3 atom stereocenters. The molecule has 1 aliphatic carbocycles. The van der Waals surface area contributed by atoms with Crippen LogP contribution in [0.1, 0.15) is 36.3 Å². The predicted molar refractivity (Wildman–Crippen MR) is 79.0 cm³/mol. The Morgan fingerprint density at radius 2 is 2.05 bits per heavy atom. The van der Waals surface area contributed by atoms with Crippen LogP contribution in [-0.2, 0) is 9.59 Å². The summed E-state index contributed by atoms with van der Waals surface area (Å²) in [6, 6.07) is 8.21. The molecule has 1 aliphatic heterocycles. The molecule has 1 saturated heterocycles. The van der Waals surface area contributed by atoms with Crippen LogP contribution in [0.5, 0.6) is 0 Å². The van der Waals surface area contributed by atoms with Crippen molar-refractivity contribution in [3.8, 4) is 0 Å². The Labute approximate surface area is 124 Å². The summed E-state index contributed by atoms with van der Waals surface area (Å²) in [7, 11) is 0. The molecule has 0 spiro atoms. The van der Waals surface area contributed by atoms with Gasteiger partial charge in [0.1, 0.15) is 0 Å². The highest BCUT2D eigenvalue weighted by atomic mass is 16.4. The molecule has 1 amide bonds. The third-order valence-corrected chi connectivity index (χ3v) is 4.78. The summed E-state index contributed by atoms with van der Waals surface area (Å²) in [6.07, 6.45) is 2.38. The van der Waals surface area contributed by atoms with Crippen LogP contribution < -0.4 is 0 Å². The molecular weight excluding hydrogens is 266 g/mol. The number of rotatable bonds is 3.